The van der Waals surface area contributed by atoms with E-state index in [-0.39, 0.29) is 18.4 Å². The molecule has 5 heteroatoms. The molecule has 0 aromatic heterocycles. The third kappa shape index (κ3) is 5.84. The minimum atomic E-state index is -0.240. The van der Waals surface area contributed by atoms with Crippen molar-refractivity contribution in [2.24, 2.45) is 0 Å². The molecule has 1 aliphatic carbocycles. The summed E-state index contributed by atoms with van der Waals surface area (Å²) in [5, 5.41) is 5.57. The van der Waals surface area contributed by atoms with E-state index >= 15 is 0 Å². The second-order valence-electron chi connectivity index (χ2n) is 7.22. The summed E-state index contributed by atoms with van der Waals surface area (Å²) in [4.78, 5) is 23.6. The largest absolute Gasteiger partial charge is 0.484 e. The van der Waals surface area contributed by atoms with E-state index in [1.807, 2.05) is 12.1 Å². The van der Waals surface area contributed by atoms with Gasteiger partial charge in [0.15, 0.2) is 6.61 Å². The molecule has 1 aliphatic rings. The maximum atomic E-state index is 12.2. The van der Waals surface area contributed by atoms with Crippen molar-refractivity contribution >= 4 is 23.2 Å². The third-order valence-electron chi connectivity index (χ3n) is 5.08. The second kappa shape index (κ2) is 9.93. The Balaban J connectivity index is 1.49. The highest BCUT2D eigenvalue weighted by molar-refractivity contribution is 5.94. The number of ether oxygens (including phenoxy) is 1. The molecule has 0 radical (unpaired) electrons. The Labute approximate surface area is 166 Å². The van der Waals surface area contributed by atoms with Crippen molar-refractivity contribution in [1.82, 2.24) is 0 Å². The van der Waals surface area contributed by atoms with Crippen LogP contribution in [0.5, 0.6) is 5.75 Å². The Morgan fingerprint density at radius 1 is 0.929 bits per heavy atom. The Hall–Kier alpha value is -2.82. The predicted octanol–water partition coefficient (Wildman–Crippen LogP) is 5.10. The zero-order chi connectivity index (χ0) is 19.8. The summed E-state index contributed by atoms with van der Waals surface area (Å²) in [6, 6.07) is 15.2. The molecule has 0 atom stereocenters. The van der Waals surface area contributed by atoms with Crippen molar-refractivity contribution in [2.45, 2.75) is 51.4 Å². The fraction of sp³-hybridized carbons (Fsp3) is 0.391. The van der Waals surface area contributed by atoms with E-state index in [1.54, 1.807) is 31.2 Å². The van der Waals surface area contributed by atoms with Crippen molar-refractivity contribution in [1.29, 1.82) is 0 Å². The van der Waals surface area contributed by atoms with Gasteiger partial charge in [0.25, 0.3) is 5.91 Å². The van der Waals surface area contributed by atoms with Gasteiger partial charge in [0.1, 0.15) is 5.75 Å². The summed E-state index contributed by atoms with van der Waals surface area (Å²) in [6.07, 6.45) is 6.91. The van der Waals surface area contributed by atoms with Crippen LogP contribution in [0.25, 0.3) is 0 Å². The summed E-state index contributed by atoms with van der Waals surface area (Å²) in [5.41, 5.74) is 2.64. The van der Waals surface area contributed by atoms with Crippen LogP contribution in [-0.2, 0) is 9.59 Å². The fourth-order valence-electron chi connectivity index (χ4n) is 3.54. The lowest BCUT2D eigenvalue weighted by molar-refractivity contribution is -0.118. The highest BCUT2D eigenvalue weighted by Crippen LogP contribution is 2.33. The molecule has 0 heterocycles. The average molecular weight is 380 g/mol. The first-order chi connectivity index (χ1) is 13.6. The van der Waals surface area contributed by atoms with E-state index in [0.29, 0.717) is 29.5 Å². The van der Waals surface area contributed by atoms with E-state index < -0.39 is 0 Å². The molecule has 2 aromatic rings. The zero-order valence-corrected chi connectivity index (χ0v) is 16.4. The van der Waals surface area contributed by atoms with Gasteiger partial charge in [-0.2, -0.15) is 0 Å². The van der Waals surface area contributed by atoms with Gasteiger partial charge in [0, 0.05) is 17.8 Å². The van der Waals surface area contributed by atoms with Crippen LogP contribution in [0.4, 0.5) is 11.4 Å². The maximum Gasteiger partial charge on any atom is 0.262 e. The van der Waals surface area contributed by atoms with Crippen LogP contribution in [0, 0.1) is 0 Å². The highest BCUT2D eigenvalue weighted by atomic mass is 16.5. The SMILES string of the molecule is CCC(=O)Nc1cccc(NC(=O)COc2ccc(C3CCCCC3)cc2)c1. The van der Waals surface area contributed by atoms with Crippen LogP contribution >= 0.6 is 0 Å². The maximum absolute atomic E-state index is 12.2. The van der Waals surface area contributed by atoms with Crippen LogP contribution in [0.3, 0.4) is 0 Å². The predicted molar refractivity (Wildman–Crippen MR) is 112 cm³/mol. The first-order valence-electron chi connectivity index (χ1n) is 10.1. The molecule has 2 N–H and O–H groups in total. The number of rotatable bonds is 7. The number of carbonyl (C=O) groups excluding carboxylic acids is 2. The molecule has 1 fully saturated rings. The molecule has 0 saturated heterocycles. The number of nitrogens with one attached hydrogen (secondary N) is 2. The van der Waals surface area contributed by atoms with Crippen molar-refractivity contribution in [2.75, 3.05) is 17.2 Å². The average Bonchev–Trinajstić information content (AvgIpc) is 2.73. The van der Waals surface area contributed by atoms with E-state index in [4.69, 9.17) is 4.74 Å². The van der Waals surface area contributed by atoms with Crippen LogP contribution in [0.2, 0.25) is 0 Å². The molecule has 148 valence electrons. The first-order valence-corrected chi connectivity index (χ1v) is 10.1. The van der Waals surface area contributed by atoms with Gasteiger partial charge in [-0.05, 0) is 54.7 Å². The molecule has 28 heavy (non-hydrogen) atoms. The molecule has 0 bridgehead atoms. The summed E-state index contributed by atoms with van der Waals surface area (Å²) in [6.45, 7) is 1.73. The zero-order valence-electron chi connectivity index (χ0n) is 16.4. The minimum Gasteiger partial charge on any atom is -0.484 e. The Bertz CT molecular complexity index is 796. The van der Waals surface area contributed by atoms with Crippen molar-refractivity contribution in [3.63, 3.8) is 0 Å². The van der Waals surface area contributed by atoms with Gasteiger partial charge in [0.2, 0.25) is 5.91 Å². The molecule has 2 aromatic carbocycles. The van der Waals surface area contributed by atoms with Crippen LogP contribution < -0.4 is 15.4 Å². The Morgan fingerprint density at radius 2 is 1.57 bits per heavy atom. The lowest BCUT2D eigenvalue weighted by Gasteiger charge is -2.22. The van der Waals surface area contributed by atoms with E-state index in [9.17, 15) is 9.59 Å². The number of benzene rings is 2. The number of anilines is 2. The van der Waals surface area contributed by atoms with Gasteiger partial charge in [-0.25, -0.2) is 0 Å². The highest BCUT2D eigenvalue weighted by Gasteiger charge is 2.15. The number of carbonyl (C=O) groups is 2. The first kappa shape index (κ1) is 19.9. The molecule has 0 aliphatic heterocycles. The Kier molecular flexibility index (Phi) is 7.06. The molecule has 2 amide bonds. The van der Waals surface area contributed by atoms with Crippen molar-refractivity contribution in [3.8, 4) is 5.75 Å². The molecule has 1 saturated carbocycles. The standard InChI is InChI=1S/C23H28N2O3/c1-2-22(26)24-19-9-6-10-20(15-19)25-23(27)16-28-21-13-11-18(12-14-21)17-7-4-3-5-8-17/h6,9-15,17H,2-5,7-8,16H2,1H3,(H,24,26)(H,25,27). The third-order valence-corrected chi connectivity index (χ3v) is 5.08. The summed E-state index contributed by atoms with van der Waals surface area (Å²) in [5.74, 6) is 1.05. The number of hydrogen-bond donors (Lipinski definition) is 2. The molecular formula is C23H28N2O3. The number of hydrogen-bond acceptors (Lipinski definition) is 3. The van der Waals surface area contributed by atoms with Gasteiger partial charge in [0.05, 0.1) is 0 Å². The van der Waals surface area contributed by atoms with Gasteiger partial charge < -0.3 is 15.4 Å². The van der Waals surface area contributed by atoms with Gasteiger partial charge in [-0.15, -0.1) is 0 Å². The van der Waals surface area contributed by atoms with Gasteiger partial charge >= 0.3 is 0 Å². The topological polar surface area (TPSA) is 67.4 Å². The van der Waals surface area contributed by atoms with Gasteiger partial charge in [-0.1, -0.05) is 44.4 Å². The second-order valence-corrected chi connectivity index (χ2v) is 7.22. The quantitative estimate of drug-likeness (QED) is 0.702. The summed E-state index contributed by atoms with van der Waals surface area (Å²) >= 11 is 0. The van der Waals surface area contributed by atoms with Crippen LogP contribution in [0.15, 0.2) is 48.5 Å². The fourth-order valence-corrected chi connectivity index (χ4v) is 3.54. The van der Waals surface area contributed by atoms with Crippen molar-refractivity contribution < 1.29 is 14.3 Å². The smallest absolute Gasteiger partial charge is 0.262 e. The normalized spacial score (nSPS) is 14.3. The summed E-state index contributed by atoms with van der Waals surface area (Å²) in [7, 11) is 0. The summed E-state index contributed by atoms with van der Waals surface area (Å²) < 4.78 is 5.61. The van der Waals surface area contributed by atoms with Crippen LogP contribution in [-0.4, -0.2) is 18.4 Å². The molecule has 3 rings (SSSR count). The molecule has 0 unspecified atom stereocenters. The number of amides is 2. The lowest BCUT2D eigenvalue weighted by atomic mass is 9.84. The molecular weight excluding hydrogens is 352 g/mol. The Morgan fingerprint density at radius 3 is 2.21 bits per heavy atom. The molecule has 5 nitrogen and oxygen atoms in total. The monoisotopic (exact) mass is 380 g/mol. The van der Waals surface area contributed by atoms with E-state index in [2.05, 4.69) is 22.8 Å². The van der Waals surface area contributed by atoms with Crippen LogP contribution in [0.1, 0.15) is 56.9 Å². The van der Waals surface area contributed by atoms with E-state index in [0.717, 1.165) is 0 Å². The van der Waals surface area contributed by atoms with Gasteiger partial charge in [-0.3, -0.25) is 9.59 Å². The van der Waals surface area contributed by atoms with Crippen molar-refractivity contribution in [3.05, 3.63) is 54.1 Å². The molecule has 0 spiro atoms. The van der Waals surface area contributed by atoms with E-state index in [1.165, 1.54) is 37.7 Å². The minimum absolute atomic E-state index is 0.0612. The lowest BCUT2D eigenvalue weighted by Crippen LogP contribution is -2.20.